The summed E-state index contributed by atoms with van der Waals surface area (Å²) in [6, 6.07) is 0. The first-order valence-electron chi connectivity index (χ1n) is 10.3. The molecule has 0 saturated carbocycles. The predicted molar refractivity (Wildman–Crippen MR) is 105 cm³/mol. The summed E-state index contributed by atoms with van der Waals surface area (Å²) in [5, 5.41) is 38.6. The van der Waals surface area contributed by atoms with Crippen molar-refractivity contribution in [2.75, 3.05) is 13.2 Å². The summed E-state index contributed by atoms with van der Waals surface area (Å²) in [7, 11) is 0. The Balaban J connectivity index is 2.26. The number of ether oxygens (including phenoxy) is 2. The van der Waals surface area contributed by atoms with Crippen LogP contribution in [0.2, 0.25) is 0 Å². The number of aliphatic hydroxyl groups excluding tert-OH is 4. The topological polar surface area (TPSA) is 99.4 Å². The van der Waals surface area contributed by atoms with Crippen molar-refractivity contribution in [2.24, 2.45) is 11.8 Å². The van der Waals surface area contributed by atoms with Crippen LogP contribution in [0.25, 0.3) is 0 Å². The summed E-state index contributed by atoms with van der Waals surface area (Å²) in [4.78, 5) is 0. The molecule has 0 aromatic heterocycles. The third kappa shape index (κ3) is 9.03. The second-order valence-electron chi connectivity index (χ2n) is 8.40. The molecule has 1 heterocycles. The molecule has 1 aliphatic rings. The third-order valence-electron chi connectivity index (χ3n) is 5.29. The Kier molecular flexibility index (Phi) is 11.7. The van der Waals surface area contributed by atoms with Gasteiger partial charge in [-0.3, -0.25) is 0 Å². The maximum atomic E-state index is 9.93. The van der Waals surface area contributed by atoms with E-state index in [-0.39, 0.29) is 6.61 Å². The first-order chi connectivity index (χ1) is 12.8. The van der Waals surface area contributed by atoms with Gasteiger partial charge in [0, 0.05) is 0 Å². The van der Waals surface area contributed by atoms with Crippen LogP contribution in [0.1, 0.15) is 66.2 Å². The summed E-state index contributed by atoms with van der Waals surface area (Å²) in [5.74, 6) is 1.54. The van der Waals surface area contributed by atoms with Crippen molar-refractivity contribution < 1.29 is 29.9 Å². The van der Waals surface area contributed by atoms with Crippen molar-refractivity contribution >= 4 is 0 Å². The zero-order chi connectivity index (χ0) is 20.4. The minimum Gasteiger partial charge on any atom is -0.394 e. The van der Waals surface area contributed by atoms with Gasteiger partial charge in [0.15, 0.2) is 6.29 Å². The average Bonchev–Trinajstić information content (AvgIpc) is 2.61. The van der Waals surface area contributed by atoms with Gasteiger partial charge in [0.05, 0.1) is 13.2 Å². The highest BCUT2D eigenvalue weighted by molar-refractivity contribution is 4.98. The highest BCUT2D eigenvalue weighted by Crippen LogP contribution is 2.22. The van der Waals surface area contributed by atoms with Crippen LogP contribution in [-0.2, 0) is 9.47 Å². The Morgan fingerprint density at radius 2 is 1.67 bits per heavy atom. The maximum absolute atomic E-state index is 9.93. The van der Waals surface area contributed by atoms with Gasteiger partial charge in [0.1, 0.15) is 24.4 Å². The van der Waals surface area contributed by atoms with Gasteiger partial charge in [0.25, 0.3) is 0 Å². The molecular weight excluding hydrogens is 348 g/mol. The monoisotopic (exact) mass is 388 g/mol. The van der Waals surface area contributed by atoms with E-state index in [4.69, 9.17) is 9.47 Å². The van der Waals surface area contributed by atoms with E-state index in [0.29, 0.717) is 0 Å². The molecule has 1 saturated heterocycles. The molecule has 0 radical (unpaired) electrons. The van der Waals surface area contributed by atoms with E-state index in [1.54, 1.807) is 0 Å². The summed E-state index contributed by atoms with van der Waals surface area (Å²) < 4.78 is 10.8. The highest BCUT2D eigenvalue weighted by atomic mass is 16.7. The molecule has 6 nitrogen and oxygen atoms in total. The lowest BCUT2D eigenvalue weighted by atomic mass is 9.94. The van der Waals surface area contributed by atoms with Crippen LogP contribution in [0, 0.1) is 11.8 Å². The van der Waals surface area contributed by atoms with Crippen LogP contribution in [0.3, 0.4) is 0 Å². The van der Waals surface area contributed by atoms with E-state index in [1.807, 2.05) is 6.08 Å². The van der Waals surface area contributed by atoms with Crippen LogP contribution >= 0.6 is 0 Å². The molecule has 160 valence electrons. The zero-order valence-electron chi connectivity index (χ0n) is 17.4. The summed E-state index contributed by atoms with van der Waals surface area (Å²) in [6.07, 6.45) is 3.12. The summed E-state index contributed by atoms with van der Waals surface area (Å²) >= 11 is 0. The molecule has 0 bridgehead atoms. The van der Waals surface area contributed by atoms with E-state index < -0.39 is 37.3 Å². The lowest BCUT2D eigenvalue weighted by molar-refractivity contribution is -0.298. The lowest BCUT2D eigenvalue weighted by Crippen LogP contribution is -2.59. The van der Waals surface area contributed by atoms with Crippen molar-refractivity contribution in [2.45, 2.75) is 96.9 Å². The second-order valence-corrected chi connectivity index (χ2v) is 8.40. The SMILES string of the molecule is CC(=CCOC1O[C@H](CO)[C@@H](O)[C@H](O)[C@@H]1O)CCCC(C)CCCC(C)C. The third-order valence-corrected chi connectivity index (χ3v) is 5.29. The van der Waals surface area contributed by atoms with E-state index in [9.17, 15) is 20.4 Å². The fraction of sp³-hybridized carbons (Fsp3) is 0.905. The number of rotatable bonds is 12. The molecule has 0 spiro atoms. The fourth-order valence-electron chi connectivity index (χ4n) is 3.34. The smallest absolute Gasteiger partial charge is 0.187 e. The average molecular weight is 389 g/mol. The van der Waals surface area contributed by atoms with Gasteiger partial charge in [-0.1, -0.05) is 58.1 Å². The molecule has 1 fully saturated rings. The quantitative estimate of drug-likeness (QED) is 0.383. The molecule has 6 heteroatoms. The fourth-order valence-corrected chi connectivity index (χ4v) is 3.34. The molecule has 27 heavy (non-hydrogen) atoms. The normalized spacial score (nSPS) is 30.7. The molecule has 2 unspecified atom stereocenters. The Labute approximate surface area is 164 Å². The number of allylic oxidation sites excluding steroid dienone is 1. The van der Waals surface area contributed by atoms with Crippen LogP contribution in [0.5, 0.6) is 0 Å². The van der Waals surface area contributed by atoms with E-state index in [0.717, 1.165) is 24.7 Å². The largest absolute Gasteiger partial charge is 0.394 e. The van der Waals surface area contributed by atoms with Gasteiger partial charge >= 0.3 is 0 Å². The van der Waals surface area contributed by atoms with E-state index in [1.165, 1.54) is 31.3 Å². The highest BCUT2D eigenvalue weighted by Gasteiger charge is 2.43. The predicted octanol–water partition coefficient (Wildman–Crippen LogP) is 2.38. The molecule has 0 amide bonds. The molecular formula is C21H40O6. The Morgan fingerprint density at radius 3 is 2.30 bits per heavy atom. The number of aliphatic hydroxyl groups is 4. The van der Waals surface area contributed by atoms with Gasteiger partial charge in [-0.05, 0) is 31.6 Å². The molecule has 1 aliphatic heterocycles. The molecule has 6 atom stereocenters. The first kappa shape index (κ1) is 24.5. The Hall–Kier alpha value is -0.500. The summed E-state index contributed by atoms with van der Waals surface area (Å²) in [5.41, 5.74) is 1.22. The Morgan fingerprint density at radius 1 is 1.00 bits per heavy atom. The lowest BCUT2D eigenvalue weighted by Gasteiger charge is -2.39. The van der Waals surface area contributed by atoms with Crippen LogP contribution in [-0.4, -0.2) is 64.3 Å². The minimum atomic E-state index is -1.40. The number of hydrogen-bond acceptors (Lipinski definition) is 6. The second kappa shape index (κ2) is 12.9. The van der Waals surface area contributed by atoms with Crippen molar-refractivity contribution in [3.63, 3.8) is 0 Å². The van der Waals surface area contributed by atoms with Crippen LogP contribution in [0.15, 0.2) is 11.6 Å². The van der Waals surface area contributed by atoms with Gasteiger partial charge < -0.3 is 29.9 Å². The van der Waals surface area contributed by atoms with Gasteiger partial charge in [-0.25, -0.2) is 0 Å². The molecule has 0 aromatic rings. The molecule has 4 N–H and O–H groups in total. The van der Waals surface area contributed by atoms with Gasteiger partial charge in [-0.2, -0.15) is 0 Å². The van der Waals surface area contributed by atoms with Crippen LogP contribution < -0.4 is 0 Å². The van der Waals surface area contributed by atoms with E-state index >= 15 is 0 Å². The van der Waals surface area contributed by atoms with E-state index in [2.05, 4.69) is 27.7 Å². The number of hydrogen-bond donors (Lipinski definition) is 4. The molecule has 0 aliphatic carbocycles. The molecule has 1 rings (SSSR count). The minimum absolute atomic E-state index is 0.248. The Bertz CT molecular complexity index is 423. The first-order valence-corrected chi connectivity index (χ1v) is 10.3. The zero-order valence-corrected chi connectivity index (χ0v) is 17.4. The van der Waals surface area contributed by atoms with Crippen molar-refractivity contribution in [3.8, 4) is 0 Å². The summed E-state index contributed by atoms with van der Waals surface area (Å²) in [6.45, 7) is 8.71. The van der Waals surface area contributed by atoms with Gasteiger partial charge in [-0.15, -0.1) is 0 Å². The van der Waals surface area contributed by atoms with Crippen molar-refractivity contribution in [3.05, 3.63) is 11.6 Å². The van der Waals surface area contributed by atoms with Crippen LogP contribution in [0.4, 0.5) is 0 Å². The van der Waals surface area contributed by atoms with Gasteiger partial charge in [0.2, 0.25) is 0 Å². The van der Waals surface area contributed by atoms with Crippen molar-refractivity contribution in [1.29, 1.82) is 0 Å². The maximum Gasteiger partial charge on any atom is 0.187 e. The molecule has 0 aromatic carbocycles. The van der Waals surface area contributed by atoms with Crippen molar-refractivity contribution in [1.82, 2.24) is 0 Å². The standard InChI is InChI=1S/C21H40O6/c1-14(2)7-5-8-15(3)9-6-10-16(4)11-12-26-21-20(25)19(24)18(23)17(13-22)27-21/h11,14-15,17-25H,5-10,12-13H2,1-4H3/t15?,17-,18-,19+,20+,21?/m1/s1.